The number of rotatable bonds is 2. The van der Waals surface area contributed by atoms with Crippen molar-refractivity contribution >= 4 is 28.5 Å². The van der Waals surface area contributed by atoms with E-state index in [0.717, 1.165) is 60.3 Å². The summed E-state index contributed by atoms with van der Waals surface area (Å²) in [6, 6.07) is 5.79. The van der Waals surface area contributed by atoms with E-state index < -0.39 is 11.4 Å². The second-order valence-corrected chi connectivity index (χ2v) is 7.45. The molecule has 1 aliphatic heterocycles. The summed E-state index contributed by atoms with van der Waals surface area (Å²) in [5, 5.41) is 11.9. The Balaban J connectivity index is 1.92. The number of aromatic nitrogens is 1. The predicted molar refractivity (Wildman–Crippen MR) is 90.9 cm³/mol. The van der Waals surface area contributed by atoms with Crippen molar-refractivity contribution in [2.45, 2.75) is 38.1 Å². The quantitative estimate of drug-likeness (QED) is 0.874. The predicted octanol–water partition coefficient (Wildman–Crippen LogP) is 4.00. The maximum Gasteiger partial charge on any atom is 0.311 e. The fraction of sp³-hybridized carbons (Fsp3) is 0.500. The van der Waals surface area contributed by atoms with Gasteiger partial charge in [-0.2, -0.15) is 0 Å². The lowest BCUT2D eigenvalue weighted by Gasteiger charge is -2.42. The van der Waals surface area contributed by atoms with Crippen molar-refractivity contribution in [2.24, 2.45) is 5.41 Å². The van der Waals surface area contributed by atoms with Crippen molar-refractivity contribution in [2.75, 3.05) is 13.6 Å². The largest absolute Gasteiger partial charge is 0.481 e. The highest BCUT2D eigenvalue weighted by molar-refractivity contribution is 6.31. The van der Waals surface area contributed by atoms with Gasteiger partial charge in [0.1, 0.15) is 0 Å². The van der Waals surface area contributed by atoms with E-state index in [1.165, 1.54) is 5.56 Å². The molecule has 0 spiro atoms. The molecule has 4 rings (SSSR count). The van der Waals surface area contributed by atoms with Crippen LogP contribution in [0.25, 0.3) is 10.9 Å². The van der Waals surface area contributed by atoms with Crippen molar-refractivity contribution < 1.29 is 9.90 Å². The van der Waals surface area contributed by atoms with Crippen LogP contribution >= 0.6 is 11.6 Å². The number of fused-ring (bicyclic) bond motifs is 3. The third-order valence-corrected chi connectivity index (χ3v) is 6.01. The normalized spacial score (nSPS) is 24.0. The number of hydrogen-bond acceptors (Lipinski definition) is 2. The van der Waals surface area contributed by atoms with E-state index in [4.69, 9.17) is 11.6 Å². The van der Waals surface area contributed by atoms with Gasteiger partial charge in [-0.1, -0.05) is 24.4 Å². The Kier molecular flexibility index (Phi) is 3.43. The summed E-state index contributed by atoms with van der Waals surface area (Å²) >= 11 is 6.17. The van der Waals surface area contributed by atoms with E-state index in [2.05, 4.69) is 16.9 Å². The van der Waals surface area contributed by atoms with Gasteiger partial charge in [-0.3, -0.25) is 9.69 Å². The molecule has 0 bridgehead atoms. The van der Waals surface area contributed by atoms with Crippen molar-refractivity contribution in [1.82, 2.24) is 9.88 Å². The minimum Gasteiger partial charge on any atom is -0.481 e. The first kappa shape index (κ1) is 15.0. The molecule has 122 valence electrons. The maximum absolute atomic E-state index is 12.2. The van der Waals surface area contributed by atoms with Crippen LogP contribution in [0.4, 0.5) is 0 Å². The Labute approximate surface area is 140 Å². The van der Waals surface area contributed by atoms with E-state index in [-0.39, 0.29) is 6.04 Å². The molecule has 5 heteroatoms. The number of aliphatic carboxylic acids is 1. The van der Waals surface area contributed by atoms with Crippen molar-refractivity contribution in [3.8, 4) is 0 Å². The second kappa shape index (κ2) is 5.25. The molecule has 2 heterocycles. The molecule has 0 saturated heterocycles. The molecule has 2 aliphatic rings. The van der Waals surface area contributed by atoms with E-state index in [9.17, 15) is 9.90 Å². The number of carboxylic acid groups (broad SMARTS) is 1. The van der Waals surface area contributed by atoms with Gasteiger partial charge < -0.3 is 10.1 Å². The fourth-order valence-corrected chi connectivity index (χ4v) is 4.86. The first-order valence-electron chi connectivity index (χ1n) is 8.26. The third kappa shape index (κ3) is 2.12. The molecule has 0 radical (unpaired) electrons. The summed E-state index contributed by atoms with van der Waals surface area (Å²) in [7, 11) is 2.05. The first-order chi connectivity index (χ1) is 11.0. The van der Waals surface area contributed by atoms with E-state index in [0.29, 0.717) is 0 Å². The molecule has 1 saturated carbocycles. The second-order valence-electron chi connectivity index (χ2n) is 7.01. The summed E-state index contributed by atoms with van der Waals surface area (Å²) in [6.45, 7) is 0.881. The topological polar surface area (TPSA) is 56.3 Å². The molecule has 1 aromatic heterocycles. The number of H-pyrrole nitrogens is 1. The van der Waals surface area contributed by atoms with Gasteiger partial charge in [0.25, 0.3) is 0 Å². The van der Waals surface area contributed by atoms with Gasteiger partial charge in [-0.15, -0.1) is 0 Å². The summed E-state index contributed by atoms with van der Waals surface area (Å²) in [4.78, 5) is 17.9. The van der Waals surface area contributed by atoms with Crippen molar-refractivity contribution in [1.29, 1.82) is 0 Å². The number of nitrogens with one attached hydrogen (secondary N) is 1. The lowest BCUT2D eigenvalue weighted by atomic mass is 9.74. The first-order valence-corrected chi connectivity index (χ1v) is 8.64. The van der Waals surface area contributed by atoms with Crippen LogP contribution in [0.3, 0.4) is 0 Å². The molecule has 2 aromatic rings. The number of carbonyl (C=O) groups is 1. The molecule has 23 heavy (non-hydrogen) atoms. The Bertz CT molecular complexity index is 777. The zero-order chi connectivity index (χ0) is 16.2. The number of halogens is 1. The summed E-state index contributed by atoms with van der Waals surface area (Å²) in [6.07, 6.45) is 4.44. The van der Waals surface area contributed by atoms with Crippen LogP contribution in [-0.2, 0) is 11.2 Å². The molecular weight excluding hydrogens is 312 g/mol. The van der Waals surface area contributed by atoms with Gasteiger partial charge >= 0.3 is 5.97 Å². The minimum absolute atomic E-state index is 0.0857. The monoisotopic (exact) mass is 332 g/mol. The minimum atomic E-state index is -0.672. The number of nitrogens with zero attached hydrogens (tertiary/aromatic N) is 1. The van der Waals surface area contributed by atoms with Crippen molar-refractivity contribution in [3.05, 3.63) is 34.5 Å². The molecule has 1 unspecified atom stereocenters. The van der Waals surface area contributed by atoms with E-state index in [1.54, 1.807) is 0 Å². The molecule has 1 aromatic carbocycles. The highest BCUT2D eigenvalue weighted by atomic mass is 35.5. The Morgan fingerprint density at radius 3 is 2.83 bits per heavy atom. The zero-order valence-electron chi connectivity index (χ0n) is 13.2. The lowest BCUT2D eigenvalue weighted by molar-refractivity contribution is -0.153. The molecule has 2 N–H and O–H groups in total. The standard InChI is InChI=1S/C18H21ClN2O2/c1-21-9-6-12-13-10-11(19)4-5-14(13)20-15(12)16(21)18(17(22)23)7-2-3-8-18/h4-5,10,16,20H,2-3,6-9H2,1H3,(H,22,23). The number of aromatic amines is 1. The lowest BCUT2D eigenvalue weighted by Crippen LogP contribution is -2.46. The van der Waals surface area contributed by atoms with Gasteiger partial charge in [0.2, 0.25) is 0 Å². The van der Waals surface area contributed by atoms with Crippen LogP contribution in [-0.4, -0.2) is 34.6 Å². The fourth-order valence-electron chi connectivity index (χ4n) is 4.69. The highest BCUT2D eigenvalue weighted by Crippen LogP contribution is 2.52. The SMILES string of the molecule is CN1CCc2c([nH]c3ccc(Cl)cc23)C1C1(C(=O)O)CCCC1. The molecule has 1 fully saturated rings. The smallest absolute Gasteiger partial charge is 0.311 e. The third-order valence-electron chi connectivity index (χ3n) is 5.78. The maximum atomic E-state index is 12.2. The number of carboxylic acids is 1. The molecular formula is C18H21ClN2O2. The average Bonchev–Trinajstić information content (AvgIpc) is 3.12. The Morgan fingerprint density at radius 2 is 2.13 bits per heavy atom. The van der Waals surface area contributed by atoms with Crippen LogP contribution in [0.15, 0.2) is 18.2 Å². The number of benzene rings is 1. The molecule has 4 nitrogen and oxygen atoms in total. The van der Waals surface area contributed by atoms with Crippen LogP contribution in [0.5, 0.6) is 0 Å². The summed E-state index contributed by atoms with van der Waals surface area (Å²) in [5.74, 6) is -0.656. The molecule has 1 atom stereocenters. The van der Waals surface area contributed by atoms with E-state index in [1.807, 2.05) is 18.2 Å². The van der Waals surface area contributed by atoms with Gasteiger partial charge in [-0.25, -0.2) is 0 Å². The Morgan fingerprint density at radius 1 is 1.39 bits per heavy atom. The summed E-state index contributed by atoms with van der Waals surface area (Å²) in [5.41, 5.74) is 2.71. The highest BCUT2D eigenvalue weighted by Gasteiger charge is 2.52. The van der Waals surface area contributed by atoms with Gasteiger partial charge in [0, 0.05) is 28.2 Å². The van der Waals surface area contributed by atoms with Crippen LogP contribution < -0.4 is 0 Å². The number of likely N-dealkylation sites (N-methyl/N-ethyl adjacent to an activating group) is 1. The molecule has 1 aliphatic carbocycles. The van der Waals surface area contributed by atoms with Gasteiger partial charge in [0.05, 0.1) is 11.5 Å². The van der Waals surface area contributed by atoms with Crippen LogP contribution in [0, 0.1) is 5.41 Å². The van der Waals surface area contributed by atoms with Crippen LogP contribution in [0.2, 0.25) is 5.02 Å². The number of hydrogen-bond donors (Lipinski definition) is 2. The van der Waals surface area contributed by atoms with Crippen molar-refractivity contribution in [3.63, 3.8) is 0 Å². The van der Waals surface area contributed by atoms with E-state index >= 15 is 0 Å². The summed E-state index contributed by atoms with van der Waals surface area (Å²) < 4.78 is 0. The van der Waals surface area contributed by atoms with Crippen LogP contribution in [0.1, 0.15) is 43.0 Å². The average molecular weight is 333 g/mol. The van der Waals surface area contributed by atoms with Gasteiger partial charge in [-0.05, 0) is 50.1 Å². The molecule has 0 amide bonds. The zero-order valence-corrected chi connectivity index (χ0v) is 14.0. The van der Waals surface area contributed by atoms with Gasteiger partial charge in [0.15, 0.2) is 0 Å². The Hall–Kier alpha value is -1.52.